The number of benzene rings is 1. The van der Waals surface area contributed by atoms with Crippen LogP contribution < -0.4 is 4.74 Å². The first-order valence-electron chi connectivity index (χ1n) is 5.87. The lowest BCUT2D eigenvalue weighted by molar-refractivity contribution is -0.137. The maximum absolute atomic E-state index is 10.8. The van der Waals surface area contributed by atoms with Crippen molar-refractivity contribution in [3.63, 3.8) is 0 Å². The molecule has 0 saturated heterocycles. The number of methoxy groups -OCH3 is 1. The summed E-state index contributed by atoms with van der Waals surface area (Å²) in [7, 11) is 1.41. The van der Waals surface area contributed by atoms with Gasteiger partial charge in [0.25, 0.3) is 0 Å². The fraction of sp³-hybridized carbons (Fsp3) is 0.231. The highest BCUT2D eigenvalue weighted by atomic mass is 35.5. The van der Waals surface area contributed by atoms with Crippen LogP contribution in [0.15, 0.2) is 12.1 Å². The van der Waals surface area contributed by atoms with Crippen LogP contribution in [0.5, 0.6) is 5.75 Å². The molecule has 1 heterocycles. The molecule has 1 aromatic carbocycles. The second-order valence-electron chi connectivity index (χ2n) is 4.25. The van der Waals surface area contributed by atoms with E-state index in [1.54, 1.807) is 0 Å². The van der Waals surface area contributed by atoms with Gasteiger partial charge in [0.15, 0.2) is 0 Å². The molecule has 0 aliphatic rings. The Kier molecular flexibility index (Phi) is 4.23. The van der Waals surface area contributed by atoms with Crippen molar-refractivity contribution < 1.29 is 24.5 Å². The second-order valence-corrected chi connectivity index (χ2v) is 4.61. The van der Waals surface area contributed by atoms with E-state index in [1.165, 1.54) is 19.2 Å². The van der Waals surface area contributed by atoms with Gasteiger partial charge in [-0.1, -0.05) is 11.6 Å². The van der Waals surface area contributed by atoms with Crippen molar-refractivity contribution in [2.24, 2.45) is 0 Å². The van der Waals surface area contributed by atoms with Crippen LogP contribution in [0.2, 0.25) is 5.15 Å². The quantitative estimate of drug-likeness (QED) is 0.806. The molecule has 0 unspecified atom stereocenters. The topological polar surface area (TPSA) is 110 Å². The molecule has 0 aliphatic carbocycles. The van der Waals surface area contributed by atoms with Gasteiger partial charge in [-0.25, -0.2) is 9.97 Å². The maximum Gasteiger partial charge on any atom is 0.311 e. The predicted octanol–water partition coefficient (Wildman–Crippen LogP) is 1.55. The van der Waals surface area contributed by atoms with E-state index in [1.807, 2.05) is 0 Å². The van der Waals surface area contributed by atoms with Crippen molar-refractivity contribution in [2.45, 2.75) is 12.8 Å². The Morgan fingerprint density at radius 2 is 1.86 bits per heavy atom. The minimum absolute atomic E-state index is 0.0746. The molecule has 0 radical (unpaired) electrons. The molecular weight excluding hydrogens is 300 g/mol. The molecule has 7 nitrogen and oxygen atoms in total. The van der Waals surface area contributed by atoms with Crippen LogP contribution in [0.3, 0.4) is 0 Å². The van der Waals surface area contributed by atoms with E-state index < -0.39 is 11.9 Å². The van der Waals surface area contributed by atoms with Crippen molar-refractivity contribution in [3.05, 3.63) is 28.7 Å². The average Bonchev–Trinajstić information content (AvgIpc) is 2.37. The van der Waals surface area contributed by atoms with Gasteiger partial charge in [-0.05, 0) is 6.07 Å². The van der Waals surface area contributed by atoms with Crippen LogP contribution in [-0.4, -0.2) is 39.2 Å². The number of carbonyl (C=O) groups is 2. The highest BCUT2D eigenvalue weighted by Gasteiger charge is 2.14. The fourth-order valence-corrected chi connectivity index (χ4v) is 2.16. The molecular formula is C13H11ClN2O5. The number of rotatable bonds is 5. The Balaban J connectivity index is 2.60. The molecule has 0 aliphatic heterocycles. The van der Waals surface area contributed by atoms with Gasteiger partial charge >= 0.3 is 11.9 Å². The lowest BCUT2D eigenvalue weighted by Crippen LogP contribution is -2.06. The third-order valence-corrected chi connectivity index (χ3v) is 3.04. The highest BCUT2D eigenvalue weighted by molar-refractivity contribution is 6.34. The third kappa shape index (κ3) is 3.38. The standard InChI is InChI=1S/C13H11ClN2O5/c1-21-9-4-8-7(2-6(9)3-11(17)18)13(14)16-10(15-8)5-12(19)20/h2,4H,3,5H2,1H3,(H,17,18)(H,19,20). The number of carboxylic acid groups (broad SMARTS) is 2. The summed E-state index contributed by atoms with van der Waals surface area (Å²) in [4.78, 5) is 29.6. The van der Waals surface area contributed by atoms with Gasteiger partial charge in [-0.3, -0.25) is 9.59 Å². The van der Waals surface area contributed by atoms with E-state index in [4.69, 9.17) is 26.6 Å². The zero-order chi connectivity index (χ0) is 15.6. The molecule has 1 aromatic heterocycles. The molecule has 2 rings (SSSR count). The molecule has 2 aromatic rings. The Labute approximate surface area is 124 Å². The van der Waals surface area contributed by atoms with Gasteiger partial charge < -0.3 is 14.9 Å². The maximum atomic E-state index is 10.8. The SMILES string of the molecule is COc1cc2nc(CC(=O)O)nc(Cl)c2cc1CC(=O)O. The molecule has 21 heavy (non-hydrogen) atoms. The van der Waals surface area contributed by atoms with Gasteiger partial charge in [0.05, 0.1) is 19.0 Å². The van der Waals surface area contributed by atoms with Crippen molar-refractivity contribution in [3.8, 4) is 5.75 Å². The molecule has 0 spiro atoms. The number of aromatic nitrogens is 2. The highest BCUT2D eigenvalue weighted by Crippen LogP contribution is 2.29. The summed E-state index contributed by atoms with van der Waals surface area (Å²) in [6.07, 6.45) is -0.582. The van der Waals surface area contributed by atoms with Crippen molar-refractivity contribution >= 4 is 34.4 Å². The zero-order valence-corrected chi connectivity index (χ0v) is 11.7. The summed E-state index contributed by atoms with van der Waals surface area (Å²) in [5.74, 6) is -1.65. The summed E-state index contributed by atoms with van der Waals surface area (Å²) in [5, 5.41) is 18.2. The minimum Gasteiger partial charge on any atom is -0.496 e. The first kappa shape index (κ1) is 15.0. The van der Waals surface area contributed by atoms with E-state index in [-0.39, 0.29) is 23.8 Å². The third-order valence-electron chi connectivity index (χ3n) is 2.75. The van der Waals surface area contributed by atoms with Crippen LogP contribution >= 0.6 is 11.6 Å². The number of hydrogen-bond acceptors (Lipinski definition) is 5. The Morgan fingerprint density at radius 3 is 2.43 bits per heavy atom. The van der Waals surface area contributed by atoms with Gasteiger partial charge in [0.1, 0.15) is 23.1 Å². The molecule has 0 saturated carbocycles. The summed E-state index contributed by atoms with van der Waals surface area (Å²) in [6, 6.07) is 3.06. The largest absolute Gasteiger partial charge is 0.496 e. The smallest absolute Gasteiger partial charge is 0.311 e. The normalized spacial score (nSPS) is 10.6. The molecule has 0 fully saturated rings. The Bertz CT molecular complexity index is 732. The van der Waals surface area contributed by atoms with Gasteiger partial charge in [-0.2, -0.15) is 0 Å². The number of hydrogen-bond donors (Lipinski definition) is 2. The van der Waals surface area contributed by atoms with Crippen LogP contribution in [0.4, 0.5) is 0 Å². The van der Waals surface area contributed by atoms with Crippen LogP contribution in [0.1, 0.15) is 11.4 Å². The Morgan fingerprint density at radius 1 is 1.19 bits per heavy atom. The number of aliphatic carboxylic acids is 2. The van der Waals surface area contributed by atoms with Crippen LogP contribution in [0.25, 0.3) is 10.9 Å². The molecule has 0 bridgehead atoms. The number of halogens is 1. The van der Waals surface area contributed by atoms with E-state index >= 15 is 0 Å². The van der Waals surface area contributed by atoms with Gasteiger partial charge in [-0.15, -0.1) is 0 Å². The van der Waals surface area contributed by atoms with Crippen LogP contribution in [0, 0.1) is 0 Å². The van der Waals surface area contributed by atoms with Gasteiger partial charge in [0, 0.05) is 17.0 Å². The van der Waals surface area contributed by atoms with Gasteiger partial charge in [0.2, 0.25) is 0 Å². The molecule has 2 N–H and O–H groups in total. The predicted molar refractivity (Wildman–Crippen MR) is 73.8 cm³/mol. The monoisotopic (exact) mass is 310 g/mol. The summed E-state index contributed by atoms with van der Waals surface area (Å²) < 4.78 is 5.13. The lowest BCUT2D eigenvalue weighted by Gasteiger charge is -2.10. The second kappa shape index (κ2) is 5.92. The van der Waals surface area contributed by atoms with Crippen molar-refractivity contribution in [2.75, 3.05) is 7.11 Å². The molecule has 0 amide bonds. The number of fused-ring (bicyclic) bond motifs is 1. The first-order valence-corrected chi connectivity index (χ1v) is 6.25. The lowest BCUT2D eigenvalue weighted by atomic mass is 10.1. The molecule has 110 valence electrons. The number of nitrogens with zero attached hydrogens (tertiary/aromatic N) is 2. The zero-order valence-electron chi connectivity index (χ0n) is 11.0. The Hall–Kier alpha value is -2.41. The van der Waals surface area contributed by atoms with E-state index in [9.17, 15) is 9.59 Å². The van der Waals surface area contributed by atoms with E-state index in [0.29, 0.717) is 22.2 Å². The number of carboxylic acids is 2. The van der Waals surface area contributed by atoms with Crippen LogP contribution in [-0.2, 0) is 22.4 Å². The summed E-state index contributed by atoms with van der Waals surface area (Å²) in [6.45, 7) is 0. The average molecular weight is 311 g/mol. The van der Waals surface area contributed by atoms with E-state index in [0.717, 1.165) is 0 Å². The van der Waals surface area contributed by atoms with Crippen molar-refractivity contribution in [1.29, 1.82) is 0 Å². The van der Waals surface area contributed by atoms with E-state index in [2.05, 4.69) is 9.97 Å². The minimum atomic E-state index is -1.07. The first-order chi connectivity index (χ1) is 9.90. The fourth-order valence-electron chi connectivity index (χ4n) is 1.91. The summed E-state index contributed by atoms with van der Waals surface area (Å²) >= 11 is 6.02. The summed E-state index contributed by atoms with van der Waals surface area (Å²) in [5.41, 5.74) is 0.839. The number of ether oxygens (including phenoxy) is 1. The molecule has 8 heteroatoms. The molecule has 0 atom stereocenters. The van der Waals surface area contributed by atoms with Crippen molar-refractivity contribution in [1.82, 2.24) is 9.97 Å².